The first kappa shape index (κ1) is 24.3. The molecule has 2 heterocycles. The van der Waals surface area contributed by atoms with Gasteiger partial charge in [-0.15, -0.1) is 0 Å². The molecule has 34 heavy (non-hydrogen) atoms. The van der Waals surface area contributed by atoms with Crippen molar-refractivity contribution in [3.8, 4) is 0 Å². The van der Waals surface area contributed by atoms with Crippen molar-refractivity contribution in [1.82, 2.24) is 19.9 Å². The number of carbonyl (C=O) groups is 1. The molecule has 0 aliphatic carbocycles. The quantitative estimate of drug-likeness (QED) is 0.435. The van der Waals surface area contributed by atoms with E-state index in [9.17, 15) is 22.4 Å². The van der Waals surface area contributed by atoms with Crippen molar-refractivity contribution < 1.29 is 17.6 Å². The van der Waals surface area contributed by atoms with Gasteiger partial charge in [0.2, 0.25) is 15.5 Å². The molecule has 0 atom stereocenters. The SMILES string of the molecule is O=C(NCc1ccc(Cl)cc1)c1c[nH]c2c(F)cc(S(=O)(=O)NCCN3CCCC3)cc2c1=O. The lowest BCUT2D eigenvalue weighted by Gasteiger charge is -2.15. The van der Waals surface area contributed by atoms with Crippen LogP contribution in [-0.4, -0.2) is 50.4 Å². The van der Waals surface area contributed by atoms with E-state index in [0.29, 0.717) is 11.6 Å². The Morgan fingerprint density at radius 2 is 1.85 bits per heavy atom. The van der Waals surface area contributed by atoms with E-state index in [1.165, 1.54) is 0 Å². The van der Waals surface area contributed by atoms with E-state index >= 15 is 0 Å². The van der Waals surface area contributed by atoms with Crippen molar-refractivity contribution in [2.24, 2.45) is 0 Å². The minimum atomic E-state index is -4.05. The third-order valence-corrected chi connectivity index (χ3v) is 7.45. The van der Waals surface area contributed by atoms with E-state index in [-0.39, 0.29) is 34.5 Å². The minimum Gasteiger partial charge on any atom is -0.358 e. The third-order valence-electron chi connectivity index (χ3n) is 5.75. The van der Waals surface area contributed by atoms with Gasteiger partial charge in [0.05, 0.1) is 15.8 Å². The summed E-state index contributed by atoms with van der Waals surface area (Å²) < 4.78 is 42.6. The number of halogens is 2. The van der Waals surface area contributed by atoms with Gasteiger partial charge in [0, 0.05) is 30.9 Å². The number of fused-ring (bicyclic) bond motifs is 1. The highest BCUT2D eigenvalue weighted by atomic mass is 35.5. The molecule has 0 saturated carbocycles. The number of hydrogen-bond acceptors (Lipinski definition) is 5. The topological polar surface area (TPSA) is 111 Å². The highest BCUT2D eigenvalue weighted by molar-refractivity contribution is 7.89. The number of nitrogens with zero attached hydrogens (tertiary/aromatic N) is 1. The molecule has 2 aromatic carbocycles. The highest BCUT2D eigenvalue weighted by Gasteiger charge is 2.21. The number of likely N-dealkylation sites (tertiary alicyclic amines) is 1. The van der Waals surface area contributed by atoms with Crippen molar-refractivity contribution in [2.45, 2.75) is 24.3 Å². The highest BCUT2D eigenvalue weighted by Crippen LogP contribution is 2.20. The maximum absolute atomic E-state index is 14.7. The second kappa shape index (κ2) is 10.2. The molecule has 0 unspecified atom stereocenters. The van der Waals surface area contributed by atoms with Crippen LogP contribution in [-0.2, 0) is 16.6 Å². The maximum atomic E-state index is 14.7. The lowest BCUT2D eigenvalue weighted by atomic mass is 10.1. The Balaban J connectivity index is 1.55. The molecule has 1 amide bonds. The lowest BCUT2D eigenvalue weighted by molar-refractivity contribution is 0.0949. The van der Waals surface area contributed by atoms with E-state index in [1.807, 2.05) is 0 Å². The molecule has 1 aromatic heterocycles. The van der Waals surface area contributed by atoms with Gasteiger partial charge in [-0.2, -0.15) is 0 Å². The van der Waals surface area contributed by atoms with Crippen LogP contribution in [0.15, 0.2) is 52.3 Å². The number of hydrogen-bond donors (Lipinski definition) is 3. The van der Waals surface area contributed by atoms with E-state index < -0.39 is 27.2 Å². The number of nitrogens with one attached hydrogen (secondary N) is 3. The maximum Gasteiger partial charge on any atom is 0.257 e. The Kier molecular flexibility index (Phi) is 7.32. The lowest BCUT2D eigenvalue weighted by Crippen LogP contribution is -2.33. The molecule has 1 fully saturated rings. The molecule has 0 bridgehead atoms. The predicted molar refractivity (Wildman–Crippen MR) is 128 cm³/mol. The Morgan fingerprint density at radius 1 is 1.15 bits per heavy atom. The average molecular weight is 507 g/mol. The number of rotatable bonds is 8. The predicted octanol–water partition coefficient (Wildman–Crippen LogP) is 2.62. The fraction of sp³-hybridized carbons (Fsp3) is 0.304. The summed E-state index contributed by atoms with van der Waals surface area (Å²) in [7, 11) is -4.05. The van der Waals surface area contributed by atoms with Gasteiger partial charge in [0.25, 0.3) is 5.91 Å². The van der Waals surface area contributed by atoms with Crippen LogP contribution in [0.1, 0.15) is 28.8 Å². The summed E-state index contributed by atoms with van der Waals surface area (Å²) in [6.07, 6.45) is 3.29. The normalized spacial score (nSPS) is 14.5. The molecule has 1 aliphatic rings. The first-order chi connectivity index (χ1) is 16.2. The fourth-order valence-electron chi connectivity index (χ4n) is 3.89. The number of H-pyrrole nitrogens is 1. The van der Waals surface area contributed by atoms with Gasteiger partial charge in [-0.25, -0.2) is 17.5 Å². The van der Waals surface area contributed by atoms with Crippen molar-refractivity contribution in [2.75, 3.05) is 26.2 Å². The molecule has 3 N–H and O–H groups in total. The van der Waals surface area contributed by atoms with Crippen LogP contribution in [0.5, 0.6) is 0 Å². The summed E-state index contributed by atoms with van der Waals surface area (Å²) in [6.45, 7) is 2.71. The Morgan fingerprint density at radius 3 is 2.56 bits per heavy atom. The number of carbonyl (C=O) groups excluding carboxylic acids is 1. The zero-order chi connectivity index (χ0) is 24.3. The van der Waals surface area contributed by atoms with Gasteiger partial charge in [-0.3, -0.25) is 9.59 Å². The molecule has 4 rings (SSSR count). The van der Waals surface area contributed by atoms with Crippen molar-refractivity contribution in [3.05, 3.63) is 74.8 Å². The molecule has 0 spiro atoms. The van der Waals surface area contributed by atoms with Crippen molar-refractivity contribution in [1.29, 1.82) is 0 Å². The van der Waals surface area contributed by atoms with Gasteiger partial charge in [0.15, 0.2) is 0 Å². The summed E-state index contributed by atoms with van der Waals surface area (Å²) in [5, 5.41) is 2.96. The van der Waals surface area contributed by atoms with E-state index in [0.717, 1.165) is 49.8 Å². The summed E-state index contributed by atoms with van der Waals surface area (Å²) in [6, 6.07) is 8.76. The zero-order valence-electron chi connectivity index (χ0n) is 18.2. The van der Waals surface area contributed by atoms with Crippen LogP contribution in [0, 0.1) is 5.82 Å². The van der Waals surface area contributed by atoms with Gasteiger partial charge in [-0.1, -0.05) is 23.7 Å². The van der Waals surface area contributed by atoms with Gasteiger partial charge < -0.3 is 15.2 Å². The number of sulfonamides is 1. The number of aromatic amines is 1. The third kappa shape index (κ3) is 5.47. The van der Waals surface area contributed by atoms with E-state index in [2.05, 4.69) is 19.9 Å². The first-order valence-electron chi connectivity index (χ1n) is 10.8. The number of pyridine rings is 1. The van der Waals surface area contributed by atoms with Crippen LogP contribution >= 0.6 is 11.6 Å². The number of amides is 1. The monoisotopic (exact) mass is 506 g/mol. The van der Waals surface area contributed by atoms with Crippen LogP contribution in [0.25, 0.3) is 10.9 Å². The van der Waals surface area contributed by atoms with E-state index in [4.69, 9.17) is 11.6 Å². The zero-order valence-corrected chi connectivity index (χ0v) is 19.8. The summed E-state index contributed by atoms with van der Waals surface area (Å²) >= 11 is 5.85. The first-order valence-corrected chi connectivity index (χ1v) is 12.7. The Labute approximate surface area is 201 Å². The van der Waals surface area contributed by atoms with Gasteiger partial charge >= 0.3 is 0 Å². The summed E-state index contributed by atoms with van der Waals surface area (Å²) in [5.41, 5.74) is -0.419. The van der Waals surface area contributed by atoms with Crippen molar-refractivity contribution >= 4 is 38.4 Å². The van der Waals surface area contributed by atoms with Crippen LogP contribution in [0.4, 0.5) is 4.39 Å². The summed E-state index contributed by atoms with van der Waals surface area (Å²) in [5.74, 6) is -1.57. The van der Waals surface area contributed by atoms with Gasteiger partial charge in [-0.05, 0) is 55.8 Å². The molecule has 11 heteroatoms. The molecule has 3 aromatic rings. The van der Waals surface area contributed by atoms with Gasteiger partial charge in [0.1, 0.15) is 11.4 Å². The summed E-state index contributed by atoms with van der Waals surface area (Å²) in [4.78, 5) is 29.9. The standard InChI is InChI=1S/C23H24ClFN4O4S/c24-16-5-3-15(4-6-16)13-27-23(31)19-14-26-21-18(22(19)30)11-17(12-20(21)25)34(32,33)28-7-10-29-8-1-2-9-29/h3-6,11-12,14,28H,1-2,7-10,13H2,(H,26,30)(H,27,31). The molecule has 0 radical (unpaired) electrons. The Hall–Kier alpha value is -2.79. The second-order valence-corrected chi connectivity index (χ2v) is 10.3. The minimum absolute atomic E-state index is 0.150. The molecule has 1 aliphatic heterocycles. The number of benzene rings is 2. The molecule has 8 nitrogen and oxygen atoms in total. The van der Waals surface area contributed by atoms with Crippen molar-refractivity contribution in [3.63, 3.8) is 0 Å². The molecular formula is C23H24ClFN4O4S. The largest absolute Gasteiger partial charge is 0.358 e. The number of aromatic nitrogens is 1. The van der Waals surface area contributed by atoms with Crippen LogP contribution in [0.3, 0.4) is 0 Å². The fourth-order valence-corrected chi connectivity index (χ4v) is 5.08. The second-order valence-electron chi connectivity index (χ2n) is 8.11. The molecule has 180 valence electrons. The van der Waals surface area contributed by atoms with Crippen LogP contribution in [0.2, 0.25) is 5.02 Å². The average Bonchev–Trinajstić information content (AvgIpc) is 3.32. The van der Waals surface area contributed by atoms with E-state index in [1.54, 1.807) is 24.3 Å². The smallest absolute Gasteiger partial charge is 0.257 e. The molecule has 1 saturated heterocycles. The van der Waals surface area contributed by atoms with Crippen LogP contribution < -0.4 is 15.5 Å². The molecular weight excluding hydrogens is 483 g/mol. The Bertz CT molecular complexity index is 1370.